The highest BCUT2D eigenvalue weighted by atomic mass is 19.1. The average Bonchev–Trinajstić information content (AvgIpc) is 3.24. The highest BCUT2D eigenvalue weighted by Gasteiger charge is 2.51. The van der Waals surface area contributed by atoms with Crippen LogP contribution in [0.5, 0.6) is 0 Å². The molecule has 2 N–H and O–H groups in total. The van der Waals surface area contributed by atoms with Crippen LogP contribution in [0.4, 0.5) is 4.39 Å². The average molecular weight is 276 g/mol. The molecule has 0 spiro atoms. The molecule has 1 atom stereocenters. The van der Waals surface area contributed by atoms with Crippen LogP contribution in [0, 0.1) is 5.82 Å². The number of carbonyl (C=O) groups excluding carboxylic acids is 2. The quantitative estimate of drug-likeness (QED) is 0.873. The van der Waals surface area contributed by atoms with Gasteiger partial charge in [-0.1, -0.05) is 12.1 Å². The molecule has 2 fully saturated rings. The molecular weight excluding hydrogens is 259 g/mol. The molecule has 5 heteroatoms. The van der Waals surface area contributed by atoms with Gasteiger partial charge in [0, 0.05) is 6.54 Å². The predicted molar refractivity (Wildman–Crippen MR) is 71.5 cm³/mol. The van der Waals surface area contributed by atoms with Gasteiger partial charge in [0.2, 0.25) is 11.8 Å². The van der Waals surface area contributed by atoms with Gasteiger partial charge in [0.15, 0.2) is 0 Å². The lowest BCUT2D eigenvalue weighted by molar-refractivity contribution is -0.131. The fraction of sp³-hybridized carbons (Fsp3) is 0.467. The lowest BCUT2D eigenvalue weighted by Crippen LogP contribution is -2.52. The number of nitrogens with one attached hydrogen (secondary N) is 2. The second-order valence-corrected chi connectivity index (χ2v) is 5.55. The number of piperidine rings is 1. The minimum atomic E-state index is -0.564. The molecule has 1 aromatic carbocycles. The van der Waals surface area contributed by atoms with Gasteiger partial charge < -0.3 is 10.6 Å². The fourth-order valence-corrected chi connectivity index (χ4v) is 2.75. The molecule has 1 unspecified atom stereocenters. The second-order valence-electron chi connectivity index (χ2n) is 5.55. The first-order valence-electron chi connectivity index (χ1n) is 6.96. The van der Waals surface area contributed by atoms with Crippen molar-refractivity contribution in [2.75, 3.05) is 6.54 Å². The molecule has 0 radical (unpaired) electrons. The molecule has 1 saturated carbocycles. The van der Waals surface area contributed by atoms with Crippen molar-refractivity contribution in [2.45, 2.75) is 37.1 Å². The zero-order valence-corrected chi connectivity index (χ0v) is 11.1. The smallest absolute Gasteiger partial charge is 0.242 e. The molecule has 1 aliphatic heterocycles. The number of rotatable bonds is 3. The van der Waals surface area contributed by atoms with Crippen LogP contribution < -0.4 is 10.6 Å². The van der Waals surface area contributed by atoms with E-state index in [0.29, 0.717) is 13.0 Å². The largest absolute Gasteiger partial charge is 0.354 e. The molecule has 106 valence electrons. The SMILES string of the molecule is O=C1NCCCC1NC(=O)C1(c2ccc(F)cc2)CC1. The van der Waals surface area contributed by atoms with E-state index in [2.05, 4.69) is 10.6 Å². The van der Waals surface area contributed by atoms with E-state index in [9.17, 15) is 14.0 Å². The minimum absolute atomic E-state index is 0.112. The maximum Gasteiger partial charge on any atom is 0.242 e. The number of halogens is 1. The van der Waals surface area contributed by atoms with Crippen molar-refractivity contribution in [1.82, 2.24) is 10.6 Å². The van der Waals surface area contributed by atoms with E-state index in [1.54, 1.807) is 12.1 Å². The van der Waals surface area contributed by atoms with E-state index in [-0.39, 0.29) is 17.6 Å². The van der Waals surface area contributed by atoms with E-state index in [0.717, 1.165) is 24.8 Å². The predicted octanol–water partition coefficient (Wildman–Crippen LogP) is 1.25. The van der Waals surface area contributed by atoms with Crippen LogP contribution in [0.3, 0.4) is 0 Å². The number of carbonyl (C=O) groups is 2. The molecule has 1 saturated heterocycles. The summed E-state index contributed by atoms with van der Waals surface area (Å²) in [5, 5.41) is 5.59. The first-order valence-corrected chi connectivity index (χ1v) is 6.96. The molecule has 0 bridgehead atoms. The summed E-state index contributed by atoms with van der Waals surface area (Å²) in [6, 6.07) is 5.62. The lowest BCUT2D eigenvalue weighted by atomic mass is 9.94. The molecule has 1 aromatic rings. The fourth-order valence-electron chi connectivity index (χ4n) is 2.75. The van der Waals surface area contributed by atoms with Gasteiger partial charge in [-0.15, -0.1) is 0 Å². The summed E-state index contributed by atoms with van der Waals surface area (Å²) < 4.78 is 13.0. The molecule has 1 aliphatic carbocycles. The topological polar surface area (TPSA) is 58.2 Å². The highest BCUT2D eigenvalue weighted by Crippen LogP contribution is 2.48. The van der Waals surface area contributed by atoms with Crippen molar-refractivity contribution in [3.8, 4) is 0 Å². The Morgan fingerprint density at radius 3 is 2.60 bits per heavy atom. The second kappa shape index (κ2) is 4.89. The Morgan fingerprint density at radius 1 is 1.30 bits per heavy atom. The van der Waals surface area contributed by atoms with Gasteiger partial charge in [0.05, 0.1) is 5.41 Å². The Kier molecular flexibility index (Phi) is 3.20. The van der Waals surface area contributed by atoms with Crippen LogP contribution in [0.15, 0.2) is 24.3 Å². The Labute approximate surface area is 116 Å². The Morgan fingerprint density at radius 2 is 2.00 bits per heavy atom. The van der Waals surface area contributed by atoms with Gasteiger partial charge >= 0.3 is 0 Å². The van der Waals surface area contributed by atoms with Gasteiger partial charge in [-0.25, -0.2) is 4.39 Å². The summed E-state index contributed by atoms with van der Waals surface area (Å²) >= 11 is 0. The highest BCUT2D eigenvalue weighted by molar-refractivity contribution is 5.95. The van der Waals surface area contributed by atoms with Crippen molar-refractivity contribution in [2.24, 2.45) is 0 Å². The summed E-state index contributed by atoms with van der Waals surface area (Å²) in [7, 11) is 0. The van der Waals surface area contributed by atoms with Gasteiger partial charge in [-0.05, 0) is 43.4 Å². The van der Waals surface area contributed by atoms with Crippen molar-refractivity contribution in [3.63, 3.8) is 0 Å². The molecule has 4 nitrogen and oxygen atoms in total. The third-order valence-corrected chi connectivity index (χ3v) is 4.17. The number of amides is 2. The van der Waals surface area contributed by atoms with E-state index in [1.165, 1.54) is 12.1 Å². The van der Waals surface area contributed by atoms with Gasteiger partial charge in [-0.2, -0.15) is 0 Å². The third-order valence-electron chi connectivity index (χ3n) is 4.17. The van der Waals surface area contributed by atoms with Crippen LogP contribution in [0.25, 0.3) is 0 Å². The van der Waals surface area contributed by atoms with Crippen molar-refractivity contribution in [3.05, 3.63) is 35.6 Å². The molecule has 20 heavy (non-hydrogen) atoms. The zero-order chi connectivity index (χ0) is 14.2. The van der Waals surface area contributed by atoms with E-state index in [4.69, 9.17) is 0 Å². The van der Waals surface area contributed by atoms with Crippen molar-refractivity contribution >= 4 is 11.8 Å². The summed E-state index contributed by atoms with van der Waals surface area (Å²) in [5.74, 6) is -0.540. The standard InChI is InChI=1S/C15H17FN2O2/c16-11-5-3-10(4-6-11)15(7-8-15)14(20)18-12-2-1-9-17-13(12)19/h3-6,12H,1-2,7-9H2,(H,17,19)(H,18,20). The van der Waals surface area contributed by atoms with E-state index in [1.807, 2.05) is 0 Å². The Bertz CT molecular complexity index is 537. The Balaban J connectivity index is 1.73. The van der Waals surface area contributed by atoms with E-state index >= 15 is 0 Å². The number of benzene rings is 1. The maximum atomic E-state index is 13.0. The van der Waals surface area contributed by atoms with Crippen LogP contribution in [-0.4, -0.2) is 24.4 Å². The number of hydrogen-bond acceptors (Lipinski definition) is 2. The van der Waals surface area contributed by atoms with Crippen LogP contribution in [-0.2, 0) is 15.0 Å². The first-order chi connectivity index (χ1) is 9.62. The first kappa shape index (κ1) is 13.1. The summed E-state index contributed by atoms with van der Waals surface area (Å²) in [5.41, 5.74) is 0.262. The van der Waals surface area contributed by atoms with Gasteiger partial charge in [-0.3, -0.25) is 9.59 Å². The normalized spacial score (nSPS) is 23.9. The van der Waals surface area contributed by atoms with Crippen molar-refractivity contribution < 1.29 is 14.0 Å². The molecule has 2 amide bonds. The minimum Gasteiger partial charge on any atom is -0.354 e. The van der Waals surface area contributed by atoms with Crippen LogP contribution in [0.2, 0.25) is 0 Å². The maximum absolute atomic E-state index is 13.0. The van der Waals surface area contributed by atoms with Crippen LogP contribution in [0.1, 0.15) is 31.2 Å². The summed E-state index contributed by atoms with van der Waals surface area (Å²) in [4.78, 5) is 24.1. The molecular formula is C15H17FN2O2. The molecule has 0 aromatic heterocycles. The Hall–Kier alpha value is -1.91. The lowest BCUT2D eigenvalue weighted by Gasteiger charge is -2.25. The molecule has 2 aliphatic rings. The monoisotopic (exact) mass is 276 g/mol. The third kappa shape index (κ3) is 2.28. The van der Waals surface area contributed by atoms with Gasteiger partial charge in [0.25, 0.3) is 0 Å². The van der Waals surface area contributed by atoms with Gasteiger partial charge in [0.1, 0.15) is 11.9 Å². The van der Waals surface area contributed by atoms with Crippen LogP contribution >= 0.6 is 0 Å². The number of hydrogen-bond donors (Lipinski definition) is 2. The van der Waals surface area contributed by atoms with Crippen molar-refractivity contribution in [1.29, 1.82) is 0 Å². The summed E-state index contributed by atoms with van der Waals surface area (Å²) in [6.45, 7) is 0.675. The zero-order valence-electron chi connectivity index (χ0n) is 11.1. The van der Waals surface area contributed by atoms with E-state index < -0.39 is 11.5 Å². The molecule has 1 heterocycles. The summed E-state index contributed by atoms with van der Waals surface area (Å²) in [6.07, 6.45) is 3.05. The molecule has 3 rings (SSSR count).